The quantitative estimate of drug-likeness (QED) is 0.657. The standard InChI is InChI=1S/C24H40O4/c1-21(2)16-8-12-23(4)17(22(16,3)10-9-18(21)26)13-15(25)19-14(20(27)28-6)7-11-24(19,23)5/h14-19,25-26H,7-13H2,1-6H3/t14-,15+,16-,17+,18-,19-,22-,23+,24+/m0/s1. The van der Waals surface area contributed by atoms with Gasteiger partial charge in [0.15, 0.2) is 0 Å². The van der Waals surface area contributed by atoms with Crippen LogP contribution < -0.4 is 0 Å². The van der Waals surface area contributed by atoms with Crippen molar-refractivity contribution in [2.24, 2.45) is 45.3 Å². The van der Waals surface area contributed by atoms with Crippen molar-refractivity contribution < 1.29 is 19.7 Å². The van der Waals surface area contributed by atoms with Gasteiger partial charge in [-0.05, 0) is 78.4 Å². The van der Waals surface area contributed by atoms with E-state index in [2.05, 4.69) is 34.6 Å². The van der Waals surface area contributed by atoms with Gasteiger partial charge in [0, 0.05) is 5.92 Å². The highest BCUT2D eigenvalue weighted by atomic mass is 16.5. The predicted octanol–water partition coefficient (Wildman–Crippen LogP) is 4.18. The zero-order valence-electron chi connectivity index (χ0n) is 18.6. The summed E-state index contributed by atoms with van der Waals surface area (Å²) >= 11 is 0. The van der Waals surface area contributed by atoms with Crippen molar-refractivity contribution in [3.8, 4) is 0 Å². The number of carbonyl (C=O) groups excluding carboxylic acids is 1. The smallest absolute Gasteiger partial charge is 0.309 e. The molecule has 0 aromatic carbocycles. The van der Waals surface area contributed by atoms with Crippen LogP contribution in [0.1, 0.15) is 79.6 Å². The Bertz CT molecular complexity index is 659. The summed E-state index contributed by atoms with van der Waals surface area (Å²) in [6.45, 7) is 11.7. The predicted molar refractivity (Wildman–Crippen MR) is 108 cm³/mol. The molecule has 0 heterocycles. The summed E-state index contributed by atoms with van der Waals surface area (Å²) in [4.78, 5) is 12.5. The Hall–Kier alpha value is -0.610. The van der Waals surface area contributed by atoms with Crippen molar-refractivity contribution >= 4 is 5.97 Å². The molecule has 0 aromatic rings. The third kappa shape index (κ3) is 2.34. The molecule has 2 N–H and O–H groups in total. The van der Waals surface area contributed by atoms with Crippen LogP contribution in [-0.4, -0.2) is 35.5 Å². The summed E-state index contributed by atoms with van der Waals surface area (Å²) in [5.41, 5.74) is 0.126. The first kappa shape index (κ1) is 20.7. The topological polar surface area (TPSA) is 66.8 Å². The number of esters is 1. The number of rotatable bonds is 1. The van der Waals surface area contributed by atoms with E-state index in [-0.39, 0.29) is 45.6 Å². The highest BCUT2D eigenvalue weighted by molar-refractivity contribution is 5.73. The lowest BCUT2D eigenvalue weighted by atomic mass is 9.35. The Morgan fingerprint density at radius 1 is 0.893 bits per heavy atom. The van der Waals surface area contributed by atoms with Gasteiger partial charge in [0.1, 0.15) is 0 Å². The van der Waals surface area contributed by atoms with E-state index >= 15 is 0 Å². The second-order valence-electron chi connectivity index (χ2n) is 11.9. The molecule has 4 aliphatic rings. The van der Waals surface area contributed by atoms with E-state index in [0.29, 0.717) is 11.8 Å². The average Bonchev–Trinajstić information content (AvgIpc) is 3.00. The van der Waals surface area contributed by atoms with Crippen LogP contribution in [0.3, 0.4) is 0 Å². The maximum absolute atomic E-state index is 12.5. The second kappa shape index (κ2) is 6.20. The van der Waals surface area contributed by atoms with Crippen LogP contribution in [0.25, 0.3) is 0 Å². The zero-order valence-corrected chi connectivity index (χ0v) is 18.6. The number of aliphatic hydroxyl groups excluding tert-OH is 2. The maximum Gasteiger partial charge on any atom is 0.309 e. The second-order valence-corrected chi connectivity index (χ2v) is 11.9. The highest BCUT2D eigenvalue weighted by Gasteiger charge is 2.70. The fourth-order valence-corrected chi connectivity index (χ4v) is 9.16. The number of hydrogen-bond donors (Lipinski definition) is 2. The Labute approximate surface area is 170 Å². The summed E-state index contributed by atoms with van der Waals surface area (Å²) in [6, 6.07) is 0. The van der Waals surface area contributed by atoms with Gasteiger partial charge in [-0.3, -0.25) is 4.79 Å². The number of methoxy groups -OCH3 is 1. The van der Waals surface area contributed by atoms with Gasteiger partial charge in [0.25, 0.3) is 0 Å². The Morgan fingerprint density at radius 2 is 1.54 bits per heavy atom. The third-order valence-electron chi connectivity index (χ3n) is 10.9. The molecule has 28 heavy (non-hydrogen) atoms. The molecule has 4 saturated carbocycles. The fraction of sp³-hybridized carbons (Fsp3) is 0.958. The number of aliphatic hydroxyl groups is 2. The van der Waals surface area contributed by atoms with Crippen LogP contribution in [0.4, 0.5) is 0 Å². The minimum absolute atomic E-state index is 0.00328. The van der Waals surface area contributed by atoms with Gasteiger partial charge in [0.05, 0.1) is 25.2 Å². The first-order chi connectivity index (χ1) is 12.9. The van der Waals surface area contributed by atoms with Gasteiger partial charge in [-0.2, -0.15) is 0 Å². The van der Waals surface area contributed by atoms with Crippen molar-refractivity contribution in [2.75, 3.05) is 7.11 Å². The van der Waals surface area contributed by atoms with Crippen molar-refractivity contribution in [3.63, 3.8) is 0 Å². The molecule has 0 aromatic heterocycles. The molecule has 4 nitrogen and oxygen atoms in total. The van der Waals surface area contributed by atoms with Gasteiger partial charge in [-0.15, -0.1) is 0 Å². The van der Waals surface area contributed by atoms with E-state index in [9.17, 15) is 15.0 Å². The summed E-state index contributed by atoms with van der Waals surface area (Å²) in [7, 11) is 1.47. The largest absolute Gasteiger partial charge is 0.469 e. The van der Waals surface area contributed by atoms with Crippen LogP contribution in [0.2, 0.25) is 0 Å². The lowest BCUT2D eigenvalue weighted by Gasteiger charge is -2.70. The average molecular weight is 393 g/mol. The summed E-state index contributed by atoms with van der Waals surface area (Å²) in [5, 5.41) is 22.1. The summed E-state index contributed by atoms with van der Waals surface area (Å²) in [5.74, 6) is 0.600. The minimum atomic E-state index is -0.444. The van der Waals surface area contributed by atoms with E-state index in [0.717, 1.165) is 44.9 Å². The normalized spacial score (nSPS) is 55.0. The summed E-state index contributed by atoms with van der Waals surface area (Å²) in [6.07, 6.45) is 6.08. The van der Waals surface area contributed by atoms with Crippen LogP contribution in [0, 0.1) is 45.3 Å². The van der Waals surface area contributed by atoms with E-state index < -0.39 is 6.10 Å². The monoisotopic (exact) mass is 392 g/mol. The first-order valence-electron chi connectivity index (χ1n) is 11.4. The first-order valence-corrected chi connectivity index (χ1v) is 11.4. The summed E-state index contributed by atoms with van der Waals surface area (Å²) < 4.78 is 5.11. The number of hydrogen-bond acceptors (Lipinski definition) is 4. The SMILES string of the molecule is COC(=O)[C@H]1CC[C@]2(C)[C@@H]1[C@H](O)C[C@@H]1[C@@]3(C)CC[C@H](O)C(C)(C)[C@@H]3CC[C@]12C. The molecule has 4 fully saturated rings. The van der Waals surface area contributed by atoms with Gasteiger partial charge in [0.2, 0.25) is 0 Å². The molecule has 0 radical (unpaired) electrons. The number of carbonyl (C=O) groups is 1. The third-order valence-corrected chi connectivity index (χ3v) is 10.9. The molecule has 160 valence electrons. The molecule has 0 bridgehead atoms. The molecule has 0 aliphatic heterocycles. The van der Waals surface area contributed by atoms with Gasteiger partial charge >= 0.3 is 5.97 Å². The Kier molecular flexibility index (Phi) is 4.57. The van der Waals surface area contributed by atoms with Crippen LogP contribution >= 0.6 is 0 Å². The number of fused-ring (bicyclic) bond motifs is 5. The van der Waals surface area contributed by atoms with Gasteiger partial charge < -0.3 is 14.9 Å². The number of ether oxygens (including phenoxy) is 1. The lowest BCUT2D eigenvalue weighted by Crippen LogP contribution is -2.66. The van der Waals surface area contributed by atoms with Crippen LogP contribution in [0.5, 0.6) is 0 Å². The van der Waals surface area contributed by atoms with Crippen molar-refractivity contribution in [2.45, 2.75) is 91.8 Å². The van der Waals surface area contributed by atoms with Crippen molar-refractivity contribution in [3.05, 3.63) is 0 Å². The van der Waals surface area contributed by atoms with Crippen molar-refractivity contribution in [1.29, 1.82) is 0 Å². The molecule has 0 spiro atoms. The van der Waals surface area contributed by atoms with Gasteiger partial charge in [-0.1, -0.05) is 34.6 Å². The van der Waals surface area contributed by atoms with Crippen molar-refractivity contribution in [1.82, 2.24) is 0 Å². The molecule has 4 rings (SSSR count). The maximum atomic E-state index is 12.5. The van der Waals surface area contributed by atoms with Crippen LogP contribution in [0.15, 0.2) is 0 Å². The highest BCUT2D eigenvalue weighted by Crippen LogP contribution is 2.75. The molecule has 0 amide bonds. The zero-order chi connectivity index (χ0) is 20.7. The molecular weight excluding hydrogens is 352 g/mol. The molecule has 4 aliphatic carbocycles. The van der Waals surface area contributed by atoms with E-state index in [1.165, 1.54) is 7.11 Å². The minimum Gasteiger partial charge on any atom is -0.469 e. The fourth-order valence-electron chi connectivity index (χ4n) is 9.16. The Balaban J connectivity index is 1.75. The lowest BCUT2D eigenvalue weighted by molar-refractivity contribution is -0.242. The van der Waals surface area contributed by atoms with Crippen LogP contribution in [-0.2, 0) is 9.53 Å². The molecule has 4 heteroatoms. The molecule has 9 atom stereocenters. The van der Waals surface area contributed by atoms with E-state index in [4.69, 9.17) is 4.74 Å². The molecule has 0 saturated heterocycles. The van der Waals surface area contributed by atoms with Gasteiger partial charge in [-0.25, -0.2) is 0 Å². The molecule has 0 unspecified atom stereocenters. The Morgan fingerprint density at radius 3 is 2.18 bits per heavy atom. The van der Waals surface area contributed by atoms with E-state index in [1.54, 1.807) is 0 Å². The molecular formula is C24H40O4. The van der Waals surface area contributed by atoms with E-state index in [1.807, 2.05) is 0 Å².